The molecule has 0 atom stereocenters. The Morgan fingerprint density at radius 2 is 1.59 bits per heavy atom. The van der Waals surface area contributed by atoms with Crippen LogP contribution in [-0.4, -0.2) is 22.8 Å². The predicted molar refractivity (Wildman–Crippen MR) is 97.4 cm³/mol. The molecule has 1 aliphatic heterocycles. The number of fused-ring (bicyclic) bond motifs is 1. The summed E-state index contributed by atoms with van der Waals surface area (Å²) in [5.41, 5.74) is 1.91. The maximum atomic E-state index is 12.6. The van der Waals surface area contributed by atoms with Gasteiger partial charge in [0.15, 0.2) is 0 Å². The molecule has 3 aromatic rings. The summed E-state index contributed by atoms with van der Waals surface area (Å²) < 4.78 is 5.26. The van der Waals surface area contributed by atoms with Gasteiger partial charge in [0, 0.05) is 6.20 Å². The van der Waals surface area contributed by atoms with E-state index in [1.807, 2.05) is 0 Å². The van der Waals surface area contributed by atoms with Gasteiger partial charge in [-0.15, -0.1) is 0 Å². The number of nitrogens with zero attached hydrogens (tertiary/aromatic N) is 2. The summed E-state index contributed by atoms with van der Waals surface area (Å²) in [6.45, 7) is 0.0386. The van der Waals surface area contributed by atoms with Gasteiger partial charge in [0.25, 0.3) is 11.8 Å². The molecule has 4 rings (SSSR count). The number of carbonyl (C=O) groups excluding carboxylic acids is 3. The van der Waals surface area contributed by atoms with E-state index in [-0.39, 0.29) is 12.2 Å². The van der Waals surface area contributed by atoms with E-state index in [4.69, 9.17) is 4.74 Å². The Morgan fingerprint density at radius 3 is 2.26 bits per heavy atom. The number of ether oxygens (including phenoxy) is 1. The molecule has 0 saturated heterocycles. The number of esters is 1. The Morgan fingerprint density at radius 1 is 0.889 bits per heavy atom. The standard InChI is InChI=1S/C21H14N2O4/c24-19-17-9-1-2-10-18(17)20(25)23(19)16-8-5-6-14(12-16)21(26)27-13-15-7-3-4-11-22-15/h1-12H,13H2. The van der Waals surface area contributed by atoms with Gasteiger partial charge in [-0.05, 0) is 42.5 Å². The zero-order valence-corrected chi connectivity index (χ0v) is 14.2. The van der Waals surface area contributed by atoms with Gasteiger partial charge in [-0.3, -0.25) is 14.6 Å². The van der Waals surface area contributed by atoms with Crippen molar-refractivity contribution in [2.45, 2.75) is 6.61 Å². The summed E-state index contributed by atoms with van der Waals surface area (Å²) in [6, 6.07) is 18.2. The lowest BCUT2D eigenvalue weighted by Gasteiger charge is -2.14. The second-order valence-electron chi connectivity index (χ2n) is 5.94. The van der Waals surface area contributed by atoms with E-state index >= 15 is 0 Å². The molecule has 132 valence electrons. The van der Waals surface area contributed by atoms with E-state index < -0.39 is 17.8 Å². The summed E-state index contributed by atoms with van der Waals surface area (Å²) in [5, 5.41) is 0. The SMILES string of the molecule is O=C(OCc1ccccn1)c1cccc(N2C(=O)c3ccccc3C2=O)c1. The molecule has 0 bridgehead atoms. The first-order valence-electron chi connectivity index (χ1n) is 8.30. The third kappa shape index (κ3) is 3.08. The van der Waals surface area contributed by atoms with Crippen molar-refractivity contribution in [1.29, 1.82) is 0 Å². The van der Waals surface area contributed by atoms with Crippen LogP contribution >= 0.6 is 0 Å². The second-order valence-corrected chi connectivity index (χ2v) is 5.94. The number of aromatic nitrogens is 1. The summed E-state index contributed by atoms with van der Waals surface area (Å²) in [7, 11) is 0. The minimum absolute atomic E-state index is 0.0386. The molecule has 0 radical (unpaired) electrons. The number of anilines is 1. The molecule has 2 aromatic carbocycles. The molecule has 0 spiro atoms. The monoisotopic (exact) mass is 358 g/mol. The molecular formula is C21H14N2O4. The van der Waals surface area contributed by atoms with Crippen molar-refractivity contribution < 1.29 is 19.1 Å². The molecule has 0 unspecified atom stereocenters. The number of carbonyl (C=O) groups is 3. The Balaban J connectivity index is 1.56. The van der Waals surface area contributed by atoms with Gasteiger partial charge >= 0.3 is 5.97 Å². The summed E-state index contributed by atoms with van der Waals surface area (Å²) in [4.78, 5) is 42.7. The first-order valence-corrected chi connectivity index (χ1v) is 8.30. The first-order chi connectivity index (χ1) is 13.1. The maximum absolute atomic E-state index is 12.6. The van der Waals surface area contributed by atoms with Crippen LogP contribution in [-0.2, 0) is 11.3 Å². The van der Waals surface area contributed by atoms with Gasteiger partial charge in [0.2, 0.25) is 0 Å². The second kappa shape index (κ2) is 6.84. The Hall–Kier alpha value is -3.80. The fourth-order valence-corrected chi connectivity index (χ4v) is 2.90. The van der Waals surface area contributed by atoms with Crippen LogP contribution in [0.25, 0.3) is 0 Å². The largest absolute Gasteiger partial charge is 0.456 e. The molecule has 2 heterocycles. The molecule has 2 amide bonds. The van der Waals surface area contributed by atoms with Crippen LogP contribution in [0.2, 0.25) is 0 Å². The number of amides is 2. The van der Waals surface area contributed by atoms with Crippen LogP contribution in [0.15, 0.2) is 72.9 Å². The minimum atomic E-state index is -0.556. The van der Waals surface area contributed by atoms with Gasteiger partial charge in [-0.25, -0.2) is 9.69 Å². The van der Waals surface area contributed by atoms with Crippen LogP contribution < -0.4 is 4.90 Å². The third-order valence-corrected chi connectivity index (χ3v) is 4.21. The van der Waals surface area contributed by atoms with Crippen molar-refractivity contribution in [2.75, 3.05) is 4.90 Å². The quantitative estimate of drug-likeness (QED) is 0.529. The Kier molecular flexibility index (Phi) is 4.22. The number of pyridine rings is 1. The van der Waals surface area contributed by atoms with Crippen molar-refractivity contribution in [3.8, 4) is 0 Å². The third-order valence-electron chi connectivity index (χ3n) is 4.21. The molecule has 27 heavy (non-hydrogen) atoms. The van der Waals surface area contributed by atoms with Gasteiger partial charge in [0.1, 0.15) is 6.61 Å². The highest BCUT2D eigenvalue weighted by Gasteiger charge is 2.36. The molecular weight excluding hydrogens is 344 g/mol. The summed E-state index contributed by atoms with van der Waals surface area (Å²) >= 11 is 0. The minimum Gasteiger partial charge on any atom is -0.456 e. The van der Waals surface area contributed by atoms with Crippen molar-refractivity contribution in [1.82, 2.24) is 4.98 Å². The Bertz CT molecular complexity index is 1010. The molecule has 6 heteroatoms. The molecule has 0 N–H and O–H groups in total. The van der Waals surface area contributed by atoms with Gasteiger partial charge in [0.05, 0.1) is 28.1 Å². The van der Waals surface area contributed by atoms with Gasteiger partial charge in [-0.2, -0.15) is 0 Å². The average molecular weight is 358 g/mol. The highest BCUT2D eigenvalue weighted by molar-refractivity contribution is 6.34. The van der Waals surface area contributed by atoms with Crippen LogP contribution in [0, 0.1) is 0 Å². The number of rotatable bonds is 4. The Labute approximate surface area is 155 Å². The number of imide groups is 1. The molecule has 0 aliphatic carbocycles. The van der Waals surface area contributed by atoms with E-state index in [0.29, 0.717) is 22.5 Å². The normalized spacial score (nSPS) is 12.8. The molecule has 1 aromatic heterocycles. The van der Waals surface area contributed by atoms with Crippen molar-refractivity contribution >= 4 is 23.5 Å². The van der Waals surface area contributed by atoms with Crippen LogP contribution in [0.1, 0.15) is 36.8 Å². The van der Waals surface area contributed by atoms with Gasteiger partial charge < -0.3 is 4.74 Å². The molecule has 0 fully saturated rings. The molecule has 0 saturated carbocycles. The van der Waals surface area contributed by atoms with Crippen molar-refractivity contribution in [3.63, 3.8) is 0 Å². The van der Waals surface area contributed by atoms with Crippen LogP contribution in [0.4, 0.5) is 5.69 Å². The van der Waals surface area contributed by atoms with Crippen molar-refractivity contribution in [2.24, 2.45) is 0 Å². The van der Waals surface area contributed by atoms with Crippen LogP contribution in [0.5, 0.6) is 0 Å². The summed E-state index contributed by atoms with van der Waals surface area (Å²) in [5.74, 6) is -1.37. The molecule has 1 aliphatic rings. The highest BCUT2D eigenvalue weighted by atomic mass is 16.5. The predicted octanol–water partition coefficient (Wildman–Crippen LogP) is 3.24. The van der Waals surface area contributed by atoms with Gasteiger partial charge in [-0.1, -0.05) is 24.3 Å². The zero-order chi connectivity index (χ0) is 18.8. The lowest BCUT2D eigenvalue weighted by molar-refractivity contribution is 0.0467. The number of benzene rings is 2. The van der Waals surface area contributed by atoms with Crippen LogP contribution in [0.3, 0.4) is 0 Å². The van der Waals surface area contributed by atoms with E-state index in [0.717, 1.165) is 4.90 Å². The number of hydrogen-bond donors (Lipinski definition) is 0. The summed E-state index contributed by atoms with van der Waals surface area (Å²) in [6.07, 6.45) is 1.62. The molecule has 6 nitrogen and oxygen atoms in total. The lowest BCUT2D eigenvalue weighted by atomic mass is 10.1. The lowest BCUT2D eigenvalue weighted by Crippen LogP contribution is -2.29. The highest BCUT2D eigenvalue weighted by Crippen LogP contribution is 2.28. The average Bonchev–Trinajstić information content (AvgIpc) is 2.98. The van der Waals surface area contributed by atoms with E-state index in [9.17, 15) is 14.4 Å². The number of hydrogen-bond acceptors (Lipinski definition) is 5. The van der Waals surface area contributed by atoms with E-state index in [1.54, 1.807) is 66.9 Å². The fraction of sp³-hybridized carbons (Fsp3) is 0.0476. The smallest absolute Gasteiger partial charge is 0.338 e. The van der Waals surface area contributed by atoms with Crippen molar-refractivity contribution in [3.05, 3.63) is 95.3 Å². The maximum Gasteiger partial charge on any atom is 0.338 e. The van der Waals surface area contributed by atoms with E-state index in [2.05, 4.69) is 4.98 Å². The topological polar surface area (TPSA) is 76.6 Å². The van der Waals surface area contributed by atoms with E-state index in [1.165, 1.54) is 6.07 Å². The zero-order valence-electron chi connectivity index (χ0n) is 14.2. The fourth-order valence-electron chi connectivity index (χ4n) is 2.90. The first kappa shape index (κ1) is 16.7.